The quantitative estimate of drug-likeness (QED) is 0.834. The molecule has 0 saturated carbocycles. The van der Waals surface area contributed by atoms with Gasteiger partial charge in [-0.15, -0.1) is 0 Å². The zero-order valence-electron chi connectivity index (χ0n) is 9.27. The highest BCUT2D eigenvalue weighted by Crippen LogP contribution is 2.16. The van der Waals surface area contributed by atoms with Crippen molar-refractivity contribution in [1.29, 1.82) is 0 Å². The van der Waals surface area contributed by atoms with Gasteiger partial charge in [0.1, 0.15) is 5.82 Å². The molecule has 0 aliphatic rings. The predicted molar refractivity (Wildman–Crippen MR) is 62.6 cm³/mol. The third-order valence-corrected chi connectivity index (χ3v) is 2.14. The summed E-state index contributed by atoms with van der Waals surface area (Å²) in [5.41, 5.74) is 1.80. The summed E-state index contributed by atoms with van der Waals surface area (Å²) >= 11 is 0. The summed E-state index contributed by atoms with van der Waals surface area (Å²) in [4.78, 5) is 11.1. The number of hydrogen-bond acceptors (Lipinski definition) is 2. The molecule has 0 fully saturated rings. The van der Waals surface area contributed by atoms with E-state index in [-0.39, 0.29) is 5.91 Å². The van der Waals surface area contributed by atoms with Crippen molar-refractivity contribution in [2.24, 2.45) is 0 Å². The number of rotatable bonds is 2. The molecule has 0 aliphatic heterocycles. The van der Waals surface area contributed by atoms with Crippen molar-refractivity contribution in [3.63, 3.8) is 0 Å². The Bertz CT molecular complexity index is 502. The van der Waals surface area contributed by atoms with Crippen LogP contribution >= 0.6 is 0 Å². The van der Waals surface area contributed by atoms with Crippen molar-refractivity contribution < 1.29 is 4.79 Å². The Morgan fingerprint density at radius 3 is 2.62 bits per heavy atom. The van der Waals surface area contributed by atoms with Crippen LogP contribution in [0.25, 0.3) is 5.69 Å². The van der Waals surface area contributed by atoms with Crippen LogP contribution in [0.3, 0.4) is 0 Å². The Morgan fingerprint density at radius 2 is 2.00 bits per heavy atom. The Balaban J connectivity index is 2.44. The first-order chi connectivity index (χ1) is 7.66. The van der Waals surface area contributed by atoms with E-state index in [4.69, 9.17) is 0 Å². The molecule has 2 aromatic rings. The van der Waals surface area contributed by atoms with Gasteiger partial charge < -0.3 is 5.32 Å². The van der Waals surface area contributed by atoms with E-state index in [2.05, 4.69) is 10.4 Å². The summed E-state index contributed by atoms with van der Waals surface area (Å²) in [6.07, 6.45) is 0. The summed E-state index contributed by atoms with van der Waals surface area (Å²) < 4.78 is 1.72. The topological polar surface area (TPSA) is 46.9 Å². The molecule has 0 spiro atoms. The van der Waals surface area contributed by atoms with Crippen LogP contribution in [-0.4, -0.2) is 15.7 Å². The van der Waals surface area contributed by atoms with Gasteiger partial charge in [0.15, 0.2) is 0 Å². The van der Waals surface area contributed by atoms with Gasteiger partial charge in [-0.05, 0) is 19.1 Å². The standard InChI is InChI=1S/C12H13N3O/c1-9-8-12(13-10(2)16)15(14-9)11-6-4-3-5-7-11/h3-8H,1-2H3,(H,13,16). The number of amides is 1. The van der Waals surface area contributed by atoms with Gasteiger partial charge in [0.2, 0.25) is 5.91 Å². The number of para-hydroxylation sites is 1. The second kappa shape index (κ2) is 4.18. The monoisotopic (exact) mass is 215 g/mol. The Labute approximate surface area is 93.9 Å². The molecular weight excluding hydrogens is 202 g/mol. The Kier molecular flexibility index (Phi) is 2.72. The number of nitrogens with one attached hydrogen (secondary N) is 1. The SMILES string of the molecule is CC(=O)Nc1cc(C)nn1-c1ccccc1. The minimum Gasteiger partial charge on any atom is -0.311 e. The molecule has 1 aromatic carbocycles. The summed E-state index contributed by atoms with van der Waals surface area (Å²) in [5.74, 6) is 0.591. The number of anilines is 1. The molecule has 16 heavy (non-hydrogen) atoms. The molecule has 82 valence electrons. The van der Waals surface area contributed by atoms with Crippen molar-refractivity contribution in [2.75, 3.05) is 5.32 Å². The molecule has 1 aromatic heterocycles. The molecule has 4 heteroatoms. The molecule has 1 heterocycles. The number of hydrogen-bond donors (Lipinski definition) is 1. The van der Waals surface area contributed by atoms with Gasteiger partial charge >= 0.3 is 0 Å². The van der Waals surface area contributed by atoms with E-state index in [1.807, 2.05) is 43.3 Å². The van der Waals surface area contributed by atoms with Crippen LogP contribution in [-0.2, 0) is 4.79 Å². The van der Waals surface area contributed by atoms with E-state index >= 15 is 0 Å². The molecule has 0 saturated heterocycles. The van der Waals surface area contributed by atoms with Gasteiger partial charge in [0, 0.05) is 13.0 Å². The van der Waals surface area contributed by atoms with Crippen molar-refractivity contribution in [3.8, 4) is 5.69 Å². The van der Waals surface area contributed by atoms with Crippen molar-refractivity contribution in [1.82, 2.24) is 9.78 Å². The van der Waals surface area contributed by atoms with E-state index in [0.717, 1.165) is 11.4 Å². The number of carbonyl (C=O) groups excluding carboxylic acids is 1. The first kappa shape index (κ1) is 10.4. The van der Waals surface area contributed by atoms with Gasteiger partial charge in [-0.3, -0.25) is 4.79 Å². The van der Waals surface area contributed by atoms with Gasteiger partial charge in [-0.25, -0.2) is 4.68 Å². The van der Waals surface area contributed by atoms with E-state index in [1.165, 1.54) is 6.92 Å². The van der Waals surface area contributed by atoms with Crippen LogP contribution in [0.5, 0.6) is 0 Å². The second-order valence-corrected chi connectivity index (χ2v) is 3.60. The number of carbonyl (C=O) groups is 1. The lowest BCUT2D eigenvalue weighted by molar-refractivity contribution is -0.114. The zero-order chi connectivity index (χ0) is 11.5. The van der Waals surface area contributed by atoms with Crippen LogP contribution in [0.2, 0.25) is 0 Å². The molecule has 0 radical (unpaired) electrons. The smallest absolute Gasteiger partial charge is 0.222 e. The fraction of sp³-hybridized carbons (Fsp3) is 0.167. The number of aryl methyl sites for hydroxylation is 1. The first-order valence-electron chi connectivity index (χ1n) is 5.06. The van der Waals surface area contributed by atoms with E-state index < -0.39 is 0 Å². The third kappa shape index (κ3) is 2.11. The van der Waals surface area contributed by atoms with Crippen LogP contribution in [0, 0.1) is 6.92 Å². The fourth-order valence-electron chi connectivity index (χ4n) is 1.53. The highest BCUT2D eigenvalue weighted by molar-refractivity contribution is 5.88. The Morgan fingerprint density at radius 1 is 1.31 bits per heavy atom. The van der Waals surface area contributed by atoms with E-state index in [9.17, 15) is 4.79 Å². The molecule has 0 bridgehead atoms. The second-order valence-electron chi connectivity index (χ2n) is 3.60. The average molecular weight is 215 g/mol. The third-order valence-electron chi connectivity index (χ3n) is 2.14. The highest BCUT2D eigenvalue weighted by Gasteiger charge is 2.07. The number of aromatic nitrogens is 2. The van der Waals surface area contributed by atoms with Crippen LogP contribution in [0.1, 0.15) is 12.6 Å². The maximum Gasteiger partial charge on any atom is 0.222 e. The number of nitrogens with zero attached hydrogens (tertiary/aromatic N) is 2. The maximum absolute atomic E-state index is 11.1. The van der Waals surface area contributed by atoms with Crippen LogP contribution in [0.15, 0.2) is 36.4 Å². The summed E-state index contributed by atoms with van der Waals surface area (Å²) in [6.45, 7) is 3.38. The zero-order valence-corrected chi connectivity index (χ0v) is 9.27. The maximum atomic E-state index is 11.1. The van der Waals surface area contributed by atoms with Gasteiger partial charge in [0.25, 0.3) is 0 Å². The van der Waals surface area contributed by atoms with Crippen LogP contribution < -0.4 is 5.32 Å². The van der Waals surface area contributed by atoms with Crippen LogP contribution in [0.4, 0.5) is 5.82 Å². The van der Waals surface area contributed by atoms with E-state index in [1.54, 1.807) is 4.68 Å². The summed E-state index contributed by atoms with van der Waals surface area (Å²) in [7, 11) is 0. The fourth-order valence-corrected chi connectivity index (χ4v) is 1.53. The Hall–Kier alpha value is -2.10. The van der Waals surface area contributed by atoms with Crippen molar-refractivity contribution in [2.45, 2.75) is 13.8 Å². The molecule has 4 nitrogen and oxygen atoms in total. The molecule has 0 unspecified atom stereocenters. The van der Waals surface area contributed by atoms with E-state index in [0.29, 0.717) is 5.82 Å². The predicted octanol–water partition coefficient (Wildman–Crippen LogP) is 2.14. The molecule has 0 aliphatic carbocycles. The minimum atomic E-state index is -0.0999. The molecule has 1 N–H and O–H groups in total. The average Bonchev–Trinajstić information content (AvgIpc) is 2.60. The number of benzene rings is 1. The molecule has 1 amide bonds. The lowest BCUT2D eigenvalue weighted by Crippen LogP contribution is -2.10. The lowest BCUT2D eigenvalue weighted by atomic mass is 10.3. The molecule has 0 atom stereocenters. The lowest BCUT2D eigenvalue weighted by Gasteiger charge is -2.06. The first-order valence-corrected chi connectivity index (χ1v) is 5.06. The summed E-state index contributed by atoms with van der Waals surface area (Å²) in [5, 5.41) is 7.09. The normalized spacial score (nSPS) is 10.1. The largest absolute Gasteiger partial charge is 0.311 e. The highest BCUT2D eigenvalue weighted by atomic mass is 16.1. The van der Waals surface area contributed by atoms with Gasteiger partial charge in [0.05, 0.1) is 11.4 Å². The van der Waals surface area contributed by atoms with Gasteiger partial charge in [-0.2, -0.15) is 5.10 Å². The summed E-state index contributed by atoms with van der Waals surface area (Å²) in [6, 6.07) is 11.5. The van der Waals surface area contributed by atoms with Crippen molar-refractivity contribution in [3.05, 3.63) is 42.1 Å². The minimum absolute atomic E-state index is 0.0999. The van der Waals surface area contributed by atoms with Crippen molar-refractivity contribution >= 4 is 11.7 Å². The molecule has 2 rings (SSSR count). The van der Waals surface area contributed by atoms with Gasteiger partial charge in [-0.1, -0.05) is 18.2 Å². The molecular formula is C12H13N3O.